The van der Waals surface area contributed by atoms with Gasteiger partial charge in [-0.2, -0.15) is 0 Å². The van der Waals surface area contributed by atoms with Gasteiger partial charge in [-0.05, 0) is 37.3 Å². The van der Waals surface area contributed by atoms with Crippen molar-refractivity contribution in [3.05, 3.63) is 58.6 Å². The number of ether oxygens (including phenoxy) is 2. The average molecular weight is 369 g/mol. The van der Waals surface area contributed by atoms with Crippen LogP contribution in [-0.4, -0.2) is 33.9 Å². The highest BCUT2D eigenvalue weighted by Gasteiger charge is 2.16. The second kappa shape index (κ2) is 7.68. The van der Waals surface area contributed by atoms with Gasteiger partial charge in [0, 0.05) is 6.26 Å². The first-order chi connectivity index (χ1) is 11.3. The largest absolute Gasteiger partial charge is 0.490 e. The Morgan fingerprint density at radius 2 is 1.75 bits per heavy atom. The molecule has 0 spiro atoms. The van der Waals surface area contributed by atoms with Crippen molar-refractivity contribution in [3.63, 3.8) is 0 Å². The molecule has 0 aliphatic rings. The van der Waals surface area contributed by atoms with E-state index in [-0.39, 0.29) is 28.7 Å². The lowest BCUT2D eigenvalue weighted by Crippen LogP contribution is -2.13. The molecule has 0 N–H and O–H groups in total. The number of rotatable bonds is 6. The van der Waals surface area contributed by atoms with Gasteiger partial charge in [-0.15, -0.1) is 0 Å². The molecular formula is C17H17ClO5S. The molecule has 0 atom stereocenters. The maximum absolute atomic E-state index is 12.0. The van der Waals surface area contributed by atoms with Crippen LogP contribution in [0.4, 0.5) is 0 Å². The van der Waals surface area contributed by atoms with E-state index in [9.17, 15) is 13.2 Å². The van der Waals surface area contributed by atoms with Gasteiger partial charge in [0.25, 0.3) is 0 Å². The minimum Gasteiger partial charge on any atom is -0.490 e. The molecule has 128 valence electrons. The van der Waals surface area contributed by atoms with Gasteiger partial charge in [-0.1, -0.05) is 29.3 Å². The van der Waals surface area contributed by atoms with E-state index in [4.69, 9.17) is 21.1 Å². The fourth-order valence-corrected chi connectivity index (χ4v) is 2.74. The summed E-state index contributed by atoms with van der Waals surface area (Å²) in [4.78, 5) is 12.1. The van der Waals surface area contributed by atoms with E-state index in [0.29, 0.717) is 5.75 Å². The second-order valence-corrected chi connectivity index (χ2v) is 7.63. The third-order valence-corrected chi connectivity index (χ3v) is 4.63. The molecule has 0 fully saturated rings. The van der Waals surface area contributed by atoms with E-state index in [0.717, 1.165) is 11.8 Å². The van der Waals surface area contributed by atoms with Crippen molar-refractivity contribution in [1.29, 1.82) is 0 Å². The summed E-state index contributed by atoms with van der Waals surface area (Å²) in [7, 11) is -3.43. The number of aryl methyl sites for hydroxylation is 1. The molecule has 0 bridgehead atoms. The van der Waals surface area contributed by atoms with Crippen LogP contribution in [0.15, 0.2) is 47.4 Å². The van der Waals surface area contributed by atoms with Crippen molar-refractivity contribution in [2.24, 2.45) is 0 Å². The van der Waals surface area contributed by atoms with Gasteiger partial charge >= 0.3 is 5.97 Å². The predicted octanol–water partition coefficient (Wildman–Crippen LogP) is 3.29. The summed E-state index contributed by atoms with van der Waals surface area (Å²) < 4.78 is 33.6. The predicted molar refractivity (Wildman–Crippen MR) is 91.5 cm³/mol. The highest BCUT2D eigenvalue weighted by Crippen LogP contribution is 2.21. The van der Waals surface area contributed by atoms with Crippen LogP contribution in [-0.2, 0) is 14.6 Å². The molecule has 0 saturated heterocycles. The van der Waals surface area contributed by atoms with E-state index in [1.165, 1.54) is 18.2 Å². The van der Waals surface area contributed by atoms with Crippen molar-refractivity contribution in [2.75, 3.05) is 19.5 Å². The average Bonchev–Trinajstić information content (AvgIpc) is 2.52. The molecule has 24 heavy (non-hydrogen) atoms. The van der Waals surface area contributed by atoms with Gasteiger partial charge in [-0.25, -0.2) is 13.2 Å². The normalized spacial score (nSPS) is 11.1. The summed E-state index contributed by atoms with van der Waals surface area (Å²) in [5.74, 6) is -0.0215. The van der Waals surface area contributed by atoms with E-state index in [1.54, 1.807) is 0 Å². The zero-order valence-corrected chi connectivity index (χ0v) is 14.9. The number of benzene rings is 2. The maximum atomic E-state index is 12.0. The van der Waals surface area contributed by atoms with Crippen LogP contribution >= 0.6 is 11.6 Å². The summed E-state index contributed by atoms with van der Waals surface area (Å²) in [6.45, 7) is 2.17. The van der Waals surface area contributed by atoms with Gasteiger partial charge in [0.2, 0.25) is 0 Å². The van der Waals surface area contributed by atoms with Gasteiger partial charge in [0.05, 0.1) is 15.5 Å². The number of halogens is 1. The van der Waals surface area contributed by atoms with E-state index in [2.05, 4.69) is 0 Å². The molecule has 0 amide bonds. The van der Waals surface area contributed by atoms with E-state index < -0.39 is 15.8 Å². The van der Waals surface area contributed by atoms with Gasteiger partial charge in [0.1, 0.15) is 19.0 Å². The smallest absolute Gasteiger partial charge is 0.339 e. The molecule has 0 heterocycles. The summed E-state index contributed by atoms with van der Waals surface area (Å²) in [6.07, 6.45) is 1.06. The first-order valence-corrected chi connectivity index (χ1v) is 9.40. The Labute approximate surface area is 146 Å². The zero-order valence-electron chi connectivity index (χ0n) is 13.3. The lowest BCUT2D eigenvalue weighted by atomic mass is 10.2. The minimum absolute atomic E-state index is 0.00903. The molecule has 2 aromatic carbocycles. The van der Waals surface area contributed by atoms with Crippen molar-refractivity contribution in [3.8, 4) is 5.75 Å². The molecular weight excluding hydrogens is 352 g/mol. The molecule has 5 nitrogen and oxygen atoms in total. The third-order valence-electron chi connectivity index (χ3n) is 3.19. The maximum Gasteiger partial charge on any atom is 0.339 e. The zero-order chi connectivity index (χ0) is 17.7. The second-order valence-electron chi connectivity index (χ2n) is 5.21. The lowest BCUT2D eigenvalue weighted by molar-refractivity contribution is 0.0450. The summed E-state index contributed by atoms with van der Waals surface area (Å²) >= 11 is 5.94. The lowest BCUT2D eigenvalue weighted by Gasteiger charge is -2.09. The molecule has 0 radical (unpaired) electrons. The van der Waals surface area contributed by atoms with Crippen LogP contribution in [0.1, 0.15) is 15.9 Å². The number of hydrogen-bond acceptors (Lipinski definition) is 5. The van der Waals surface area contributed by atoms with Crippen LogP contribution in [0, 0.1) is 6.92 Å². The van der Waals surface area contributed by atoms with Crippen LogP contribution in [0.2, 0.25) is 5.02 Å². The quantitative estimate of drug-likeness (QED) is 0.578. The Hall–Kier alpha value is -2.05. The van der Waals surface area contributed by atoms with Gasteiger partial charge in [0.15, 0.2) is 9.84 Å². The highest BCUT2D eigenvalue weighted by molar-refractivity contribution is 7.90. The monoisotopic (exact) mass is 368 g/mol. The fourth-order valence-electron chi connectivity index (χ4n) is 1.90. The Balaban J connectivity index is 1.94. The molecule has 7 heteroatoms. The first-order valence-electron chi connectivity index (χ1n) is 7.13. The number of hydrogen-bond donors (Lipinski definition) is 0. The van der Waals surface area contributed by atoms with E-state index in [1.807, 2.05) is 31.2 Å². The minimum atomic E-state index is -3.43. The van der Waals surface area contributed by atoms with Crippen molar-refractivity contribution < 1.29 is 22.7 Å². The van der Waals surface area contributed by atoms with Crippen molar-refractivity contribution >= 4 is 27.4 Å². The van der Waals surface area contributed by atoms with Crippen molar-refractivity contribution in [2.45, 2.75) is 11.8 Å². The Kier molecular flexibility index (Phi) is 5.85. The van der Waals surface area contributed by atoms with Crippen LogP contribution in [0.5, 0.6) is 5.75 Å². The standard InChI is InChI=1S/C17H17ClO5S/c1-12-3-5-13(6-4-12)22-9-10-23-17(19)15-11-14(24(2,20)21)7-8-16(15)18/h3-8,11H,9-10H2,1-2H3. The topological polar surface area (TPSA) is 69.7 Å². The molecule has 0 aliphatic heterocycles. The van der Waals surface area contributed by atoms with Crippen LogP contribution in [0.3, 0.4) is 0 Å². The number of carbonyl (C=O) groups excluding carboxylic acids is 1. The molecule has 0 aromatic heterocycles. The number of carbonyl (C=O) groups is 1. The third kappa shape index (κ3) is 4.97. The van der Waals surface area contributed by atoms with Gasteiger partial charge < -0.3 is 9.47 Å². The molecule has 0 aliphatic carbocycles. The molecule has 0 saturated carbocycles. The van der Waals surface area contributed by atoms with Gasteiger partial charge in [-0.3, -0.25) is 0 Å². The fraction of sp³-hybridized carbons (Fsp3) is 0.235. The Bertz CT molecular complexity index is 829. The molecule has 2 rings (SSSR count). The number of esters is 1. The highest BCUT2D eigenvalue weighted by atomic mass is 35.5. The van der Waals surface area contributed by atoms with Crippen LogP contribution in [0.25, 0.3) is 0 Å². The first kappa shape index (κ1) is 18.3. The summed E-state index contributed by atoms with van der Waals surface area (Å²) in [5, 5.41) is 0.131. The molecule has 0 unspecified atom stereocenters. The van der Waals surface area contributed by atoms with Crippen molar-refractivity contribution in [1.82, 2.24) is 0 Å². The van der Waals surface area contributed by atoms with E-state index >= 15 is 0 Å². The molecule has 2 aromatic rings. The SMILES string of the molecule is Cc1ccc(OCCOC(=O)c2cc(S(C)(=O)=O)ccc2Cl)cc1. The summed E-state index contributed by atoms with van der Waals surface area (Å²) in [5.41, 5.74) is 1.13. The Morgan fingerprint density at radius 1 is 1.08 bits per heavy atom. The summed E-state index contributed by atoms with van der Waals surface area (Å²) in [6, 6.07) is 11.4. The Morgan fingerprint density at radius 3 is 2.38 bits per heavy atom. The number of sulfone groups is 1. The van der Waals surface area contributed by atoms with Crippen LogP contribution < -0.4 is 4.74 Å².